The maximum atomic E-state index is 11.6. The molecule has 0 spiro atoms. The lowest BCUT2D eigenvalue weighted by Gasteiger charge is -2.06. The van der Waals surface area contributed by atoms with Gasteiger partial charge in [0.1, 0.15) is 5.82 Å². The molecule has 0 fully saturated rings. The summed E-state index contributed by atoms with van der Waals surface area (Å²) < 4.78 is 0. The molecule has 1 aromatic heterocycles. The number of carbonyl (C=O) groups is 1. The van der Waals surface area contributed by atoms with E-state index in [4.69, 9.17) is 0 Å². The van der Waals surface area contributed by atoms with E-state index in [2.05, 4.69) is 4.98 Å². The smallest absolute Gasteiger partial charge is 0.259 e. The number of hydrogen-bond donors (Lipinski definition) is 0. The van der Waals surface area contributed by atoms with Crippen LogP contribution >= 0.6 is 0 Å². The van der Waals surface area contributed by atoms with Gasteiger partial charge in [0, 0.05) is 24.4 Å². The Morgan fingerprint density at radius 2 is 2.31 bits per heavy atom. The van der Waals surface area contributed by atoms with Crippen LogP contribution in [-0.4, -0.2) is 17.9 Å². The predicted octanol–water partition coefficient (Wildman–Crippen LogP) is 1.46. The summed E-state index contributed by atoms with van der Waals surface area (Å²) in [6.07, 6.45) is 3.52. The minimum Gasteiger partial charge on any atom is -0.295 e. The van der Waals surface area contributed by atoms with Gasteiger partial charge in [-0.25, -0.2) is 4.98 Å². The quantitative estimate of drug-likeness (QED) is 0.558. The van der Waals surface area contributed by atoms with Crippen LogP contribution in [0.15, 0.2) is 24.4 Å². The molecular weight excluding hydrogens is 164 g/mol. The second-order valence-electron chi connectivity index (χ2n) is 2.94. The topological polar surface area (TPSA) is 33.2 Å². The van der Waals surface area contributed by atoms with Crippen LogP contribution in [0.2, 0.25) is 0 Å². The number of nitrogens with zero attached hydrogens (tertiary/aromatic N) is 2. The van der Waals surface area contributed by atoms with Crippen molar-refractivity contribution < 1.29 is 4.79 Å². The Morgan fingerprint density at radius 1 is 1.54 bits per heavy atom. The van der Waals surface area contributed by atoms with Gasteiger partial charge >= 0.3 is 0 Å². The van der Waals surface area contributed by atoms with Gasteiger partial charge in [0.05, 0.1) is 0 Å². The van der Waals surface area contributed by atoms with Gasteiger partial charge < -0.3 is 0 Å². The molecule has 1 aliphatic rings. The van der Waals surface area contributed by atoms with Gasteiger partial charge in [-0.2, -0.15) is 0 Å². The fourth-order valence-corrected chi connectivity index (χ4v) is 1.55. The van der Waals surface area contributed by atoms with Crippen molar-refractivity contribution in [3.63, 3.8) is 0 Å². The Labute approximate surface area is 76.7 Å². The lowest BCUT2D eigenvalue weighted by molar-refractivity contribution is -0.112. The van der Waals surface area contributed by atoms with E-state index in [1.54, 1.807) is 18.1 Å². The Morgan fingerprint density at radius 3 is 3.00 bits per heavy atom. The standard InChI is InChI=1S/C10H10N2O/c1-3-7-8-5-4-6-11-9(8)12(2)10(7)13/h3-6H,1-2H3. The van der Waals surface area contributed by atoms with Gasteiger partial charge in [0.2, 0.25) is 0 Å². The summed E-state index contributed by atoms with van der Waals surface area (Å²) in [5.41, 5.74) is 1.67. The molecule has 2 rings (SSSR count). The van der Waals surface area contributed by atoms with Crippen molar-refractivity contribution in [2.75, 3.05) is 11.9 Å². The number of hydrogen-bond acceptors (Lipinski definition) is 2. The third-order valence-electron chi connectivity index (χ3n) is 2.22. The van der Waals surface area contributed by atoms with E-state index in [-0.39, 0.29) is 5.91 Å². The van der Waals surface area contributed by atoms with Gasteiger partial charge in [-0.3, -0.25) is 9.69 Å². The second-order valence-corrected chi connectivity index (χ2v) is 2.94. The summed E-state index contributed by atoms with van der Waals surface area (Å²) in [6.45, 7) is 1.86. The van der Waals surface area contributed by atoms with Gasteiger partial charge in [-0.1, -0.05) is 6.08 Å². The number of aromatic nitrogens is 1. The number of pyridine rings is 1. The van der Waals surface area contributed by atoms with Crippen molar-refractivity contribution in [1.82, 2.24) is 4.98 Å². The highest BCUT2D eigenvalue weighted by Crippen LogP contribution is 2.32. The second kappa shape index (κ2) is 2.69. The molecule has 1 amide bonds. The highest BCUT2D eigenvalue weighted by molar-refractivity contribution is 6.31. The van der Waals surface area contributed by atoms with Crippen LogP contribution < -0.4 is 4.90 Å². The largest absolute Gasteiger partial charge is 0.295 e. The van der Waals surface area contributed by atoms with E-state index in [0.29, 0.717) is 0 Å². The van der Waals surface area contributed by atoms with Crippen LogP contribution in [0.5, 0.6) is 0 Å². The Hall–Kier alpha value is -1.64. The van der Waals surface area contributed by atoms with Crippen molar-refractivity contribution >= 4 is 17.3 Å². The van der Waals surface area contributed by atoms with Crippen molar-refractivity contribution in [1.29, 1.82) is 0 Å². The average Bonchev–Trinajstić information content (AvgIpc) is 2.41. The van der Waals surface area contributed by atoms with E-state index >= 15 is 0 Å². The first-order valence-corrected chi connectivity index (χ1v) is 4.15. The Kier molecular flexibility index (Phi) is 1.65. The number of carbonyl (C=O) groups excluding carboxylic acids is 1. The zero-order chi connectivity index (χ0) is 9.42. The van der Waals surface area contributed by atoms with E-state index in [9.17, 15) is 4.79 Å². The van der Waals surface area contributed by atoms with Gasteiger partial charge in [0.15, 0.2) is 0 Å². The van der Waals surface area contributed by atoms with Crippen molar-refractivity contribution in [3.05, 3.63) is 30.0 Å². The Bertz CT molecular complexity index is 396. The number of rotatable bonds is 0. The van der Waals surface area contributed by atoms with Crippen LogP contribution in [0, 0.1) is 0 Å². The van der Waals surface area contributed by atoms with Gasteiger partial charge in [0.25, 0.3) is 5.91 Å². The van der Waals surface area contributed by atoms with Crippen LogP contribution in [0.3, 0.4) is 0 Å². The summed E-state index contributed by atoms with van der Waals surface area (Å²) in [5, 5.41) is 0. The molecule has 0 N–H and O–H groups in total. The number of likely N-dealkylation sites (N-methyl/N-ethyl adjacent to an activating group) is 1. The first-order chi connectivity index (χ1) is 6.25. The molecule has 0 aromatic carbocycles. The average molecular weight is 174 g/mol. The van der Waals surface area contributed by atoms with Crippen LogP contribution in [0.25, 0.3) is 5.57 Å². The Balaban J connectivity index is 2.67. The molecule has 0 aliphatic carbocycles. The molecule has 0 atom stereocenters. The molecule has 0 saturated carbocycles. The van der Waals surface area contributed by atoms with E-state index < -0.39 is 0 Å². The highest BCUT2D eigenvalue weighted by Gasteiger charge is 2.29. The third-order valence-corrected chi connectivity index (χ3v) is 2.22. The molecule has 0 unspecified atom stereocenters. The molecule has 0 radical (unpaired) electrons. The first-order valence-electron chi connectivity index (χ1n) is 4.15. The molecule has 0 saturated heterocycles. The summed E-state index contributed by atoms with van der Waals surface area (Å²) in [6, 6.07) is 3.76. The van der Waals surface area contributed by atoms with Crippen LogP contribution in [0.4, 0.5) is 5.82 Å². The monoisotopic (exact) mass is 174 g/mol. The summed E-state index contributed by atoms with van der Waals surface area (Å²) >= 11 is 0. The number of fused-ring (bicyclic) bond motifs is 1. The maximum Gasteiger partial charge on any atom is 0.259 e. The van der Waals surface area contributed by atoms with Crippen molar-refractivity contribution in [2.45, 2.75) is 6.92 Å². The fraction of sp³-hybridized carbons (Fsp3) is 0.200. The zero-order valence-corrected chi connectivity index (χ0v) is 7.61. The molecule has 2 heterocycles. The highest BCUT2D eigenvalue weighted by atomic mass is 16.2. The fourth-order valence-electron chi connectivity index (χ4n) is 1.55. The van der Waals surface area contributed by atoms with Gasteiger partial charge in [-0.15, -0.1) is 0 Å². The van der Waals surface area contributed by atoms with E-state index in [0.717, 1.165) is 17.0 Å². The van der Waals surface area contributed by atoms with E-state index in [1.807, 2.05) is 25.1 Å². The number of anilines is 1. The SMILES string of the molecule is CC=C1C(=O)N(C)c2ncccc21. The number of allylic oxidation sites excluding steroid dienone is 1. The molecular formula is C10H10N2O. The lowest BCUT2D eigenvalue weighted by Crippen LogP contribution is -2.20. The number of amides is 1. The molecule has 3 nitrogen and oxygen atoms in total. The van der Waals surface area contributed by atoms with E-state index in [1.165, 1.54) is 0 Å². The van der Waals surface area contributed by atoms with Gasteiger partial charge in [-0.05, 0) is 19.1 Å². The summed E-state index contributed by atoms with van der Waals surface area (Å²) in [4.78, 5) is 17.3. The third kappa shape index (κ3) is 0.967. The molecule has 13 heavy (non-hydrogen) atoms. The molecule has 1 aliphatic heterocycles. The zero-order valence-electron chi connectivity index (χ0n) is 7.61. The maximum absolute atomic E-state index is 11.6. The lowest BCUT2D eigenvalue weighted by atomic mass is 10.1. The van der Waals surface area contributed by atoms with Crippen molar-refractivity contribution in [3.8, 4) is 0 Å². The predicted molar refractivity (Wildman–Crippen MR) is 51.3 cm³/mol. The first kappa shape index (κ1) is 7.98. The van der Waals surface area contributed by atoms with Crippen LogP contribution in [0.1, 0.15) is 12.5 Å². The summed E-state index contributed by atoms with van der Waals surface area (Å²) in [7, 11) is 1.74. The molecule has 66 valence electrons. The van der Waals surface area contributed by atoms with Crippen LogP contribution in [-0.2, 0) is 4.79 Å². The minimum atomic E-state index is 0.0243. The summed E-state index contributed by atoms with van der Waals surface area (Å²) in [5.74, 6) is 0.775. The molecule has 0 bridgehead atoms. The molecule has 1 aromatic rings. The molecule has 3 heteroatoms. The normalized spacial score (nSPS) is 18.2. The van der Waals surface area contributed by atoms with Crippen molar-refractivity contribution in [2.24, 2.45) is 0 Å². The minimum absolute atomic E-state index is 0.0243.